The summed E-state index contributed by atoms with van der Waals surface area (Å²) in [6, 6.07) is 10.4. The van der Waals surface area contributed by atoms with Crippen molar-refractivity contribution in [2.24, 2.45) is 5.92 Å². The smallest absolute Gasteiger partial charge is 0.269 e. The molecule has 1 N–H and O–H groups in total. The molecule has 0 radical (unpaired) electrons. The number of carbonyl (C=O) groups excluding carboxylic acids is 4. The van der Waals surface area contributed by atoms with Crippen LogP contribution in [0.5, 0.6) is 0 Å². The Kier molecular flexibility index (Phi) is 6.45. The molecular formula is C23H24ClN3O4. The highest BCUT2D eigenvalue weighted by molar-refractivity contribution is 6.30. The van der Waals surface area contributed by atoms with E-state index in [9.17, 15) is 19.2 Å². The van der Waals surface area contributed by atoms with Crippen molar-refractivity contribution in [3.8, 4) is 0 Å². The van der Waals surface area contributed by atoms with Crippen molar-refractivity contribution in [1.29, 1.82) is 0 Å². The molecule has 3 rings (SSSR count). The molecule has 0 spiro atoms. The minimum atomic E-state index is -1.13. The monoisotopic (exact) mass is 441 g/mol. The highest BCUT2D eigenvalue weighted by Crippen LogP contribution is 2.27. The molecule has 0 saturated carbocycles. The van der Waals surface area contributed by atoms with Crippen molar-refractivity contribution in [3.63, 3.8) is 0 Å². The maximum absolute atomic E-state index is 13.2. The van der Waals surface area contributed by atoms with Crippen LogP contribution in [-0.2, 0) is 14.4 Å². The van der Waals surface area contributed by atoms with Crippen LogP contribution < -0.4 is 10.3 Å². The predicted molar refractivity (Wildman–Crippen MR) is 117 cm³/mol. The molecule has 0 bridgehead atoms. The van der Waals surface area contributed by atoms with Gasteiger partial charge in [0.25, 0.3) is 11.8 Å². The van der Waals surface area contributed by atoms with Gasteiger partial charge < -0.3 is 0 Å². The van der Waals surface area contributed by atoms with Crippen molar-refractivity contribution in [2.75, 3.05) is 4.90 Å². The molecule has 8 heteroatoms. The number of imide groups is 1. The van der Waals surface area contributed by atoms with Gasteiger partial charge in [0.15, 0.2) is 0 Å². The zero-order valence-corrected chi connectivity index (χ0v) is 18.6. The van der Waals surface area contributed by atoms with Gasteiger partial charge in [0.05, 0.1) is 12.1 Å². The number of rotatable bonds is 4. The van der Waals surface area contributed by atoms with Crippen LogP contribution in [0.15, 0.2) is 42.5 Å². The van der Waals surface area contributed by atoms with Gasteiger partial charge >= 0.3 is 0 Å². The average Bonchev–Trinajstić information content (AvgIpc) is 2.99. The van der Waals surface area contributed by atoms with Gasteiger partial charge in [-0.05, 0) is 61.4 Å². The molecule has 1 heterocycles. The molecule has 7 nitrogen and oxygen atoms in total. The van der Waals surface area contributed by atoms with E-state index in [2.05, 4.69) is 5.43 Å². The van der Waals surface area contributed by atoms with E-state index in [0.717, 1.165) is 21.0 Å². The first kappa shape index (κ1) is 22.5. The molecule has 2 aromatic rings. The Morgan fingerprint density at radius 3 is 2.19 bits per heavy atom. The summed E-state index contributed by atoms with van der Waals surface area (Å²) in [5.74, 6) is -2.52. The van der Waals surface area contributed by atoms with Gasteiger partial charge in [0.2, 0.25) is 11.8 Å². The maximum Gasteiger partial charge on any atom is 0.269 e. The van der Waals surface area contributed by atoms with E-state index < -0.39 is 35.6 Å². The van der Waals surface area contributed by atoms with E-state index in [1.807, 2.05) is 19.9 Å². The number of halogens is 1. The second-order valence-corrected chi connectivity index (χ2v) is 8.38. The fraction of sp³-hybridized carbons (Fsp3) is 0.304. The van der Waals surface area contributed by atoms with E-state index in [1.165, 1.54) is 12.1 Å². The van der Waals surface area contributed by atoms with Gasteiger partial charge in [-0.3, -0.25) is 24.6 Å². The van der Waals surface area contributed by atoms with Crippen LogP contribution in [0.4, 0.5) is 5.69 Å². The summed E-state index contributed by atoms with van der Waals surface area (Å²) in [6.07, 6.45) is -0.217. The fourth-order valence-electron chi connectivity index (χ4n) is 3.51. The van der Waals surface area contributed by atoms with Crippen LogP contribution in [0.2, 0.25) is 5.02 Å². The summed E-state index contributed by atoms with van der Waals surface area (Å²) < 4.78 is 0. The number of benzene rings is 2. The van der Waals surface area contributed by atoms with Crippen LogP contribution >= 0.6 is 11.6 Å². The van der Waals surface area contributed by atoms with E-state index in [-0.39, 0.29) is 12.0 Å². The van der Waals surface area contributed by atoms with Crippen LogP contribution in [0.3, 0.4) is 0 Å². The Morgan fingerprint density at radius 1 is 1.06 bits per heavy atom. The Hall–Kier alpha value is -3.19. The Bertz CT molecular complexity index is 1030. The summed E-state index contributed by atoms with van der Waals surface area (Å²) in [6.45, 7) is 7.07. The SMILES string of the molecule is Cc1cc(C)cc(N2C(=O)C[C@H](N(NC(=O)c3ccc(Cl)cc3)C(=O)C(C)C)C2=O)c1. The molecule has 1 atom stereocenters. The molecule has 1 aliphatic heterocycles. The van der Waals surface area contributed by atoms with E-state index in [1.54, 1.807) is 38.1 Å². The molecule has 0 aromatic heterocycles. The van der Waals surface area contributed by atoms with Gasteiger partial charge in [-0.1, -0.05) is 31.5 Å². The first-order chi connectivity index (χ1) is 14.6. The largest absolute Gasteiger partial charge is 0.274 e. The van der Waals surface area contributed by atoms with Gasteiger partial charge in [-0.25, -0.2) is 9.91 Å². The zero-order chi connectivity index (χ0) is 22.9. The Balaban J connectivity index is 1.91. The average molecular weight is 442 g/mol. The molecule has 1 saturated heterocycles. The van der Waals surface area contributed by atoms with Gasteiger partial charge in [0, 0.05) is 16.5 Å². The molecule has 1 aliphatic rings. The molecule has 2 aromatic carbocycles. The first-order valence-electron chi connectivity index (χ1n) is 9.93. The number of hydrogen-bond acceptors (Lipinski definition) is 4. The third kappa shape index (κ3) is 4.77. The maximum atomic E-state index is 13.2. The number of carbonyl (C=O) groups is 4. The lowest BCUT2D eigenvalue weighted by Crippen LogP contribution is -2.55. The fourth-order valence-corrected chi connectivity index (χ4v) is 3.63. The second-order valence-electron chi connectivity index (χ2n) is 7.94. The van der Waals surface area contributed by atoms with Crippen LogP contribution in [0.25, 0.3) is 0 Å². The molecule has 0 unspecified atom stereocenters. The predicted octanol–water partition coefficient (Wildman–Crippen LogP) is 3.42. The molecular weight excluding hydrogens is 418 g/mol. The normalized spacial score (nSPS) is 16.1. The van der Waals surface area contributed by atoms with Crippen molar-refractivity contribution in [3.05, 3.63) is 64.2 Å². The standard InChI is InChI=1S/C23H24ClN3O4/c1-13(2)22(30)27(25-21(29)16-5-7-17(24)8-6-16)19-12-20(28)26(23(19)31)18-10-14(3)9-15(4)11-18/h5-11,13,19H,12H2,1-4H3,(H,25,29)/t19-/m0/s1. The first-order valence-corrected chi connectivity index (χ1v) is 10.3. The van der Waals surface area contributed by atoms with Crippen LogP contribution in [0, 0.1) is 19.8 Å². The molecule has 1 fully saturated rings. The zero-order valence-electron chi connectivity index (χ0n) is 17.8. The van der Waals surface area contributed by atoms with E-state index in [0.29, 0.717) is 10.7 Å². The summed E-state index contributed by atoms with van der Waals surface area (Å²) >= 11 is 5.87. The lowest BCUT2D eigenvalue weighted by atomic mass is 10.1. The van der Waals surface area contributed by atoms with E-state index >= 15 is 0 Å². The van der Waals surface area contributed by atoms with Crippen molar-refractivity contribution in [1.82, 2.24) is 10.4 Å². The van der Waals surface area contributed by atoms with E-state index in [4.69, 9.17) is 11.6 Å². The summed E-state index contributed by atoms with van der Waals surface area (Å²) in [7, 11) is 0. The third-order valence-electron chi connectivity index (χ3n) is 4.96. The number of nitrogens with one attached hydrogen (secondary N) is 1. The quantitative estimate of drug-likeness (QED) is 0.581. The highest BCUT2D eigenvalue weighted by atomic mass is 35.5. The lowest BCUT2D eigenvalue weighted by molar-refractivity contribution is -0.143. The summed E-state index contributed by atoms with van der Waals surface area (Å²) in [5, 5.41) is 1.46. The molecule has 4 amide bonds. The number of aryl methyl sites for hydroxylation is 2. The molecule has 0 aliphatic carbocycles. The molecule has 31 heavy (non-hydrogen) atoms. The Morgan fingerprint density at radius 2 is 1.65 bits per heavy atom. The number of anilines is 1. The molecule has 162 valence electrons. The number of hydrogen-bond donors (Lipinski definition) is 1. The van der Waals surface area contributed by atoms with Crippen molar-refractivity contribution < 1.29 is 19.2 Å². The number of hydrazine groups is 1. The van der Waals surface area contributed by atoms with Gasteiger partial charge in [-0.15, -0.1) is 0 Å². The minimum absolute atomic E-state index is 0.217. The highest BCUT2D eigenvalue weighted by Gasteiger charge is 2.45. The topological polar surface area (TPSA) is 86.8 Å². The Labute approximate surface area is 185 Å². The summed E-state index contributed by atoms with van der Waals surface area (Å²) in [4.78, 5) is 52.6. The second kappa shape index (κ2) is 8.89. The minimum Gasteiger partial charge on any atom is -0.274 e. The van der Waals surface area contributed by atoms with Crippen LogP contribution in [0.1, 0.15) is 41.8 Å². The third-order valence-corrected chi connectivity index (χ3v) is 5.21. The summed E-state index contributed by atoms with van der Waals surface area (Å²) in [5.41, 5.74) is 5.07. The van der Waals surface area contributed by atoms with Gasteiger partial charge in [0.1, 0.15) is 6.04 Å². The van der Waals surface area contributed by atoms with Gasteiger partial charge in [-0.2, -0.15) is 0 Å². The number of nitrogens with zero attached hydrogens (tertiary/aromatic N) is 2. The van der Waals surface area contributed by atoms with Crippen molar-refractivity contribution in [2.45, 2.75) is 40.2 Å². The van der Waals surface area contributed by atoms with Crippen LogP contribution in [-0.4, -0.2) is 34.7 Å². The lowest BCUT2D eigenvalue weighted by Gasteiger charge is -2.29. The number of amides is 4. The van der Waals surface area contributed by atoms with Crippen molar-refractivity contribution >= 4 is 40.9 Å².